The van der Waals surface area contributed by atoms with Gasteiger partial charge in [-0.2, -0.15) is 0 Å². The molecule has 0 aliphatic rings. The van der Waals surface area contributed by atoms with E-state index in [-0.39, 0.29) is 0 Å². The molecule has 0 N–H and O–H groups in total. The molecule has 4 heteroatoms. The fraction of sp³-hybridized carbons (Fsp3) is 0.143. The summed E-state index contributed by atoms with van der Waals surface area (Å²) in [7, 11) is 0. The predicted octanol–water partition coefficient (Wildman–Crippen LogP) is 3.69. The average Bonchev–Trinajstić information content (AvgIpc) is 2.87. The molecule has 0 fully saturated rings. The van der Waals surface area contributed by atoms with Crippen molar-refractivity contribution < 1.29 is 0 Å². The Bertz CT molecular complexity index is 717. The standard InChI is InChI=1S/C14H12ClN3/c1-9-7-13(18-6-5-16-8-18)11-3-4-12(15)10(2)14(11)17-9/h3-8H,1-2H3. The number of rotatable bonds is 1. The summed E-state index contributed by atoms with van der Waals surface area (Å²) in [5, 5.41) is 1.83. The minimum absolute atomic E-state index is 0.747. The van der Waals surface area contributed by atoms with Crippen LogP contribution in [-0.2, 0) is 0 Å². The van der Waals surface area contributed by atoms with Crippen LogP contribution in [-0.4, -0.2) is 14.5 Å². The molecule has 2 aromatic heterocycles. The lowest BCUT2D eigenvalue weighted by molar-refractivity contribution is 1.05. The molecule has 3 aromatic rings. The van der Waals surface area contributed by atoms with Gasteiger partial charge in [0, 0.05) is 28.5 Å². The third-order valence-electron chi connectivity index (χ3n) is 3.06. The van der Waals surface area contributed by atoms with E-state index in [0.717, 1.165) is 32.9 Å². The van der Waals surface area contributed by atoms with Crippen molar-refractivity contribution in [1.82, 2.24) is 14.5 Å². The highest BCUT2D eigenvalue weighted by atomic mass is 35.5. The molecule has 0 bridgehead atoms. The van der Waals surface area contributed by atoms with Gasteiger partial charge in [-0.05, 0) is 37.6 Å². The Labute approximate surface area is 110 Å². The smallest absolute Gasteiger partial charge is 0.0991 e. The second-order valence-electron chi connectivity index (χ2n) is 4.32. The fourth-order valence-corrected chi connectivity index (χ4v) is 2.28. The van der Waals surface area contributed by atoms with Gasteiger partial charge < -0.3 is 4.57 Å². The second kappa shape index (κ2) is 4.10. The van der Waals surface area contributed by atoms with Crippen molar-refractivity contribution in [1.29, 1.82) is 0 Å². The van der Waals surface area contributed by atoms with E-state index in [1.807, 2.05) is 36.7 Å². The first-order valence-electron chi connectivity index (χ1n) is 5.71. The quantitative estimate of drug-likeness (QED) is 0.666. The molecule has 3 rings (SSSR count). The first-order valence-corrected chi connectivity index (χ1v) is 6.09. The Morgan fingerprint density at radius 2 is 2.06 bits per heavy atom. The molecule has 0 saturated carbocycles. The van der Waals surface area contributed by atoms with E-state index in [9.17, 15) is 0 Å². The van der Waals surface area contributed by atoms with Crippen molar-refractivity contribution in [2.24, 2.45) is 0 Å². The first-order chi connectivity index (χ1) is 8.66. The summed E-state index contributed by atoms with van der Waals surface area (Å²) in [6.45, 7) is 3.98. The van der Waals surface area contributed by atoms with Crippen molar-refractivity contribution in [3.8, 4) is 5.69 Å². The Morgan fingerprint density at radius 1 is 1.22 bits per heavy atom. The molecule has 0 radical (unpaired) electrons. The van der Waals surface area contributed by atoms with Crippen LogP contribution in [0.3, 0.4) is 0 Å². The molecule has 0 atom stereocenters. The lowest BCUT2D eigenvalue weighted by Gasteiger charge is -2.11. The number of aromatic nitrogens is 3. The number of fused-ring (bicyclic) bond motifs is 1. The van der Waals surface area contributed by atoms with Crippen LogP contribution in [0, 0.1) is 13.8 Å². The summed E-state index contributed by atoms with van der Waals surface area (Å²) in [5.74, 6) is 0. The lowest BCUT2D eigenvalue weighted by Crippen LogP contribution is -1.97. The van der Waals surface area contributed by atoms with Crippen LogP contribution >= 0.6 is 11.6 Å². The van der Waals surface area contributed by atoms with Crippen molar-refractivity contribution >= 4 is 22.5 Å². The van der Waals surface area contributed by atoms with Gasteiger partial charge in [-0.3, -0.25) is 4.98 Å². The minimum atomic E-state index is 0.747. The van der Waals surface area contributed by atoms with Crippen molar-refractivity contribution in [3.63, 3.8) is 0 Å². The number of imidazole rings is 1. The van der Waals surface area contributed by atoms with E-state index in [2.05, 4.69) is 16.0 Å². The number of hydrogen-bond donors (Lipinski definition) is 0. The maximum absolute atomic E-state index is 6.16. The second-order valence-corrected chi connectivity index (χ2v) is 4.73. The SMILES string of the molecule is Cc1cc(-n2ccnc2)c2ccc(Cl)c(C)c2n1. The van der Waals surface area contributed by atoms with Crippen molar-refractivity contribution in [2.75, 3.05) is 0 Å². The van der Waals surface area contributed by atoms with E-state index >= 15 is 0 Å². The minimum Gasteiger partial charge on any atom is -0.306 e. The Morgan fingerprint density at radius 3 is 2.78 bits per heavy atom. The highest BCUT2D eigenvalue weighted by Gasteiger charge is 2.09. The molecule has 2 heterocycles. The number of benzene rings is 1. The summed E-state index contributed by atoms with van der Waals surface area (Å²) < 4.78 is 1.99. The highest BCUT2D eigenvalue weighted by Crippen LogP contribution is 2.28. The summed E-state index contributed by atoms with van der Waals surface area (Å²) in [5.41, 5.74) is 4.01. The fourth-order valence-electron chi connectivity index (χ4n) is 2.13. The number of hydrogen-bond acceptors (Lipinski definition) is 2. The van der Waals surface area contributed by atoms with E-state index < -0.39 is 0 Å². The van der Waals surface area contributed by atoms with Gasteiger partial charge >= 0.3 is 0 Å². The van der Waals surface area contributed by atoms with Crippen LogP contribution in [0.15, 0.2) is 36.9 Å². The normalized spacial score (nSPS) is 11.1. The molecule has 90 valence electrons. The zero-order valence-corrected chi connectivity index (χ0v) is 10.9. The zero-order chi connectivity index (χ0) is 12.7. The van der Waals surface area contributed by atoms with E-state index in [1.54, 1.807) is 12.5 Å². The van der Waals surface area contributed by atoms with E-state index in [0.29, 0.717) is 0 Å². The molecular formula is C14H12ClN3. The van der Waals surface area contributed by atoms with Crippen LogP contribution in [0.1, 0.15) is 11.3 Å². The zero-order valence-electron chi connectivity index (χ0n) is 10.2. The number of pyridine rings is 1. The maximum atomic E-state index is 6.16. The van der Waals surface area contributed by atoms with Crippen LogP contribution < -0.4 is 0 Å². The summed E-state index contributed by atoms with van der Waals surface area (Å²) in [6.07, 6.45) is 5.49. The first kappa shape index (κ1) is 11.2. The molecule has 0 unspecified atom stereocenters. The number of aryl methyl sites for hydroxylation is 2. The average molecular weight is 258 g/mol. The van der Waals surface area contributed by atoms with Gasteiger partial charge in [0.15, 0.2) is 0 Å². The molecule has 18 heavy (non-hydrogen) atoms. The summed E-state index contributed by atoms with van der Waals surface area (Å²) in [4.78, 5) is 8.68. The topological polar surface area (TPSA) is 30.7 Å². The largest absolute Gasteiger partial charge is 0.306 e. The van der Waals surface area contributed by atoms with Gasteiger partial charge in [0.1, 0.15) is 0 Å². The molecular weight excluding hydrogens is 246 g/mol. The molecule has 0 aliphatic carbocycles. The summed E-state index contributed by atoms with van der Waals surface area (Å²) >= 11 is 6.16. The maximum Gasteiger partial charge on any atom is 0.0991 e. The van der Waals surface area contributed by atoms with Gasteiger partial charge in [-0.25, -0.2) is 4.98 Å². The molecule has 0 saturated heterocycles. The number of halogens is 1. The van der Waals surface area contributed by atoms with Gasteiger partial charge in [0.05, 0.1) is 17.5 Å². The Kier molecular flexibility index (Phi) is 2.56. The van der Waals surface area contributed by atoms with Crippen molar-refractivity contribution in [2.45, 2.75) is 13.8 Å². The molecule has 1 aromatic carbocycles. The van der Waals surface area contributed by atoms with Crippen LogP contribution in [0.25, 0.3) is 16.6 Å². The monoisotopic (exact) mass is 257 g/mol. The summed E-state index contributed by atoms with van der Waals surface area (Å²) in [6, 6.07) is 5.97. The van der Waals surface area contributed by atoms with Crippen LogP contribution in [0.4, 0.5) is 0 Å². The van der Waals surface area contributed by atoms with Gasteiger partial charge in [-0.15, -0.1) is 0 Å². The van der Waals surface area contributed by atoms with Crippen molar-refractivity contribution in [3.05, 3.63) is 53.2 Å². The molecule has 0 aliphatic heterocycles. The Hall–Kier alpha value is -1.87. The third kappa shape index (κ3) is 1.68. The Balaban J connectivity index is 2.43. The third-order valence-corrected chi connectivity index (χ3v) is 3.47. The molecule has 0 amide bonds. The van der Waals surface area contributed by atoms with E-state index in [1.165, 1.54) is 0 Å². The van der Waals surface area contributed by atoms with Crippen LogP contribution in [0.2, 0.25) is 5.02 Å². The molecule has 0 spiro atoms. The molecule has 3 nitrogen and oxygen atoms in total. The van der Waals surface area contributed by atoms with Crippen LogP contribution in [0.5, 0.6) is 0 Å². The van der Waals surface area contributed by atoms with Gasteiger partial charge in [0.25, 0.3) is 0 Å². The lowest BCUT2D eigenvalue weighted by atomic mass is 10.1. The van der Waals surface area contributed by atoms with Gasteiger partial charge in [-0.1, -0.05) is 11.6 Å². The van der Waals surface area contributed by atoms with E-state index in [4.69, 9.17) is 11.6 Å². The predicted molar refractivity (Wildman–Crippen MR) is 73.3 cm³/mol. The highest BCUT2D eigenvalue weighted by molar-refractivity contribution is 6.32. The number of nitrogens with zero attached hydrogens (tertiary/aromatic N) is 3. The van der Waals surface area contributed by atoms with Gasteiger partial charge in [0.2, 0.25) is 0 Å².